The maximum Gasteiger partial charge on any atom is 0.272 e. The maximum atomic E-state index is 12.3. The number of aromatic amines is 1. The average Bonchev–Trinajstić information content (AvgIpc) is 2.79. The topological polar surface area (TPSA) is 78.0 Å². The number of carbonyl (C=O) groups excluding carboxylic acids is 1. The number of rotatable bonds is 2. The summed E-state index contributed by atoms with van der Waals surface area (Å²) < 4.78 is 0. The quantitative estimate of drug-likeness (QED) is 0.732. The first-order valence-electron chi connectivity index (χ1n) is 7.18. The Morgan fingerprint density at radius 1 is 1.25 bits per heavy atom. The highest BCUT2D eigenvalue weighted by Crippen LogP contribution is 2.20. The van der Waals surface area contributed by atoms with Crippen LogP contribution in [0.4, 0.5) is 0 Å². The first-order chi connectivity index (χ1) is 9.75. The fourth-order valence-corrected chi connectivity index (χ4v) is 2.83. The van der Waals surface area contributed by atoms with Gasteiger partial charge in [-0.2, -0.15) is 5.10 Å². The van der Waals surface area contributed by atoms with Crippen molar-refractivity contribution < 1.29 is 9.90 Å². The van der Waals surface area contributed by atoms with Crippen LogP contribution in [0.2, 0.25) is 0 Å². The number of fused-ring (bicyclic) bond motifs is 1. The molecule has 5 heteroatoms. The van der Waals surface area contributed by atoms with Crippen LogP contribution in [0.1, 0.15) is 42.6 Å². The van der Waals surface area contributed by atoms with Crippen LogP contribution < -0.4 is 5.32 Å². The van der Waals surface area contributed by atoms with Crippen molar-refractivity contribution in [3.05, 3.63) is 30.0 Å². The van der Waals surface area contributed by atoms with Crippen LogP contribution >= 0.6 is 0 Å². The predicted octanol–water partition coefficient (Wildman–Crippen LogP) is 1.99. The van der Waals surface area contributed by atoms with Crippen molar-refractivity contribution in [2.75, 3.05) is 0 Å². The lowest BCUT2D eigenvalue weighted by Crippen LogP contribution is -2.42. The van der Waals surface area contributed by atoms with Crippen LogP contribution in [0, 0.1) is 0 Å². The van der Waals surface area contributed by atoms with Gasteiger partial charge in [0.05, 0.1) is 17.7 Å². The molecule has 1 saturated carbocycles. The lowest BCUT2D eigenvalue weighted by molar-refractivity contribution is 0.0815. The Balaban J connectivity index is 1.78. The number of hydrogen-bond donors (Lipinski definition) is 3. The van der Waals surface area contributed by atoms with Crippen LogP contribution in [0.3, 0.4) is 0 Å². The summed E-state index contributed by atoms with van der Waals surface area (Å²) in [5.74, 6) is -0.214. The monoisotopic (exact) mass is 273 g/mol. The molecule has 3 N–H and O–H groups in total. The Morgan fingerprint density at radius 3 is 2.95 bits per heavy atom. The normalized spacial score (nSPS) is 23.4. The zero-order chi connectivity index (χ0) is 13.9. The lowest BCUT2D eigenvalue weighted by Gasteiger charge is -2.21. The van der Waals surface area contributed by atoms with Gasteiger partial charge in [-0.3, -0.25) is 9.89 Å². The summed E-state index contributed by atoms with van der Waals surface area (Å²) in [5, 5.41) is 20.8. The van der Waals surface area contributed by atoms with E-state index in [2.05, 4.69) is 15.5 Å². The molecule has 1 aromatic carbocycles. The molecule has 20 heavy (non-hydrogen) atoms. The van der Waals surface area contributed by atoms with Crippen LogP contribution in [0.15, 0.2) is 24.3 Å². The third-order valence-corrected chi connectivity index (χ3v) is 3.98. The van der Waals surface area contributed by atoms with Crippen molar-refractivity contribution in [3.63, 3.8) is 0 Å². The molecule has 0 radical (unpaired) electrons. The second kappa shape index (κ2) is 5.63. The van der Waals surface area contributed by atoms with E-state index in [4.69, 9.17) is 0 Å². The highest BCUT2D eigenvalue weighted by molar-refractivity contribution is 6.04. The zero-order valence-electron chi connectivity index (χ0n) is 11.3. The van der Waals surface area contributed by atoms with Gasteiger partial charge in [0.2, 0.25) is 0 Å². The van der Waals surface area contributed by atoms with Gasteiger partial charge in [-0.05, 0) is 18.9 Å². The molecule has 0 spiro atoms. The summed E-state index contributed by atoms with van der Waals surface area (Å²) in [6.07, 6.45) is 4.32. The van der Waals surface area contributed by atoms with E-state index in [1.807, 2.05) is 24.3 Å². The number of para-hydroxylation sites is 1. The van der Waals surface area contributed by atoms with Gasteiger partial charge in [-0.25, -0.2) is 0 Å². The van der Waals surface area contributed by atoms with E-state index in [9.17, 15) is 9.90 Å². The smallest absolute Gasteiger partial charge is 0.272 e. The van der Waals surface area contributed by atoms with Crippen LogP contribution in [-0.4, -0.2) is 33.4 Å². The Kier molecular flexibility index (Phi) is 3.69. The second-order valence-electron chi connectivity index (χ2n) is 5.40. The highest BCUT2D eigenvalue weighted by Gasteiger charge is 2.25. The van der Waals surface area contributed by atoms with E-state index in [0.29, 0.717) is 5.69 Å². The van der Waals surface area contributed by atoms with Gasteiger partial charge in [-0.15, -0.1) is 0 Å². The van der Waals surface area contributed by atoms with Crippen molar-refractivity contribution in [1.29, 1.82) is 0 Å². The maximum absolute atomic E-state index is 12.3. The van der Waals surface area contributed by atoms with Gasteiger partial charge < -0.3 is 10.4 Å². The molecular formula is C15H19N3O2. The van der Waals surface area contributed by atoms with E-state index in [1.165, 1.54) is 0 Å². The van der Waals surface area contributed by atoms with Gasteiger partial charge in [0.1, 0.15) is 0 Å². The number of nitrogens with zero attached hydrogens (tertiary/aromatic N) is 1. The molecule has 1 aliphatic carbocycles. The molecule has 2 aromatic rings. The number of carbonyl (C=O) groups is 1. The molecule has 1 amide bonds. The largest absolute Gasteiger partial charge is 0.391 e. The molecule has 106 valence electrons. The first-order valence-corrected chi connectivity index (χ1v) is 7.18. The number of amides is 1. The summed E-state index contributed by atoms with van der Waals surface area (Å²) in [6.45, 7) is 0. The van der Waals surface area contributed by atoms with E-state index in [-0.39, 0.29) is 11.9 Å². The molecule has 0 bridgehead atoms. The highest BCUT2D eigenvalue weighted by atomic mass is 16.3. The molecule has 1 aromatic heterocycles. The Labute approximate surface area is 117 Å². The number of aliphatic hydroxyl groups is 1. The molecule has 2 unspecified atom stereocenters. The van der Waals surface area contributed by atoms with E-state index in [1.54, 1.807) is 0 Å². The van der Waals surface area contributed by atoms with Crippen LogP contribution in [-0.2, 0) is 0 Å². The van der Waals surface area contributed by atoms with Crippen LogP contribution in [0.5, 0.6) is 0 Å². The molecule has 0 saturated heterocycles. The minimum Gasteiger partial charge on any atom is -0.391 e. The molecule has 5 nitrogen and oxygen atoms in total. The summed E-state index contributed by atoms with van der Waals surface area (Å²) >= 11 is 0. The predicted molar refractivity (Wildman–Crippen MR) is 76.4 cm³/mol. The Hall–Kier alpha value is -1.88. The Bertz CT molecular complexity index is 608. The number of nitrogens with one attached hydrogen (secondary N) is 2. The van der Waals surface area contributed by atoms with Gasteiger partial charge >= 0.3 is 0 Å². The minimum atomic E-state index is -0.452. The number of aliphatic hydroxyl groups excluding tert-OH is 1. The fraction of sp³-hybridized carbons (Fsp3) is 0.467. The van der Waals surface area contributed by atoms with Crippen LogP contribution in [0.25, 0.3) is 10.9 Å². The molecule has 0 aliphatic heterocycles. The Morgan fingerprint density at radius 2 is 2.05 bits per heavy atom. The molecule has 3 rings (SSSR count). The molecule has 1 fully saturated rings. The van der Waals surface area contributed by atoms with Crippen molar-refractivity contribution in [3.8, 4) is 0 Å². The van der Waals surface area contributed by atoms with Gasteiger partial charge in [-0.1, -0.05) is 37.5 Å². The summed E-state index contributed by atoms with van der Waals surface area (Å²) in [7, 11) is 0. The van der Waals surface area contributed by atoms with Gasteiger partial charge in [0.15, 0.2) is 5.69 Å². The van der Waals surface area contributed by atoms with Crippen molar-refractivity contribution in [2.45, 2.75) is 44.2 Å². The van der Waals surface area contributed by atoms with E-state index in [0.717, 1.165) is 43.0 Å². The number of aromatic nitrogens is 2. The molecule has 1 aliphatic rings. The van der Waals surface area contributed by atoms with Gasteiger partial charge in [0, 0.05) is 5.39 Å². The van der Waals surface area contributed by atoms with Crippen molar-refractivity contribution >= 4 is 16.8 Å². The number of H-pyrrole nitrogens is 1. The average molecular weight is 273 g/mol. The summed E-state index contributed by atoms with van der Waals surface area (Å²) in [4.78, 5) is 12.3. The third kappa shape index (κ3) is 2.54. The van der Waals surface area contributed by atoms with Gasteiger partial charge in [0.25, 0.3) is 5.91 Å². The third-order valence-electron chi connectivity index (χ3n) is 3.98. The lowest BCUT2D eigenvalue weighted by atomic mass is 10.1. The molecular weight excluding hydrogens is 254 g/mol. The minimum absolute atomic E-state index is 0.166. The van der Waals surface area contributed by atoms with Crippen molar-refractivity contribution in [1.82, 2.24) is 15.5 Å². The number of hydrogen-bond acceptors (Lipinski definition) is 3. The van der Waals surface area contributed by atoms with E-state index < -0.39 is 6.10 Å². The zero-order valence-corrected chi connectivity index (χ0v) is 11.3. The second-order valence-corrected chi connectivity index (χ2v) is 5.40. The standard InChI is InChI=1S/C15H19N3O2/c19-13-9-3-1-2-8-12(13)16-15(20)14-10-6-4-5-7-11(10)17-18-14/h4-7,12-13,19H,1-3,8-9H2,(H,16,20)(H,17,18). The summed E-state index contributed by atoms with van der Waals surface area (Å²) in [6, 6.07) is 7.38. The molecule has 2 atom stereocenters. The molecule has 1 heterocycles. The SMILES string of the molecule is O=C(NC1CCCCCC1O)c1n[nH]c2ccccc12. The fourth-order valence-electron chi connectivity index (χ4n) is 2.83. The first kappa shape index (κ1) is 13.1. The van der Waals surface area contributed by atoms with Crippen molar-refractivity contribution in [2.24, 2.45) is 0 Å². The summed E-state index contributed by atoms with van der Waals surface area (Å²) in [5.41, 5.74) is 1.25. The number of benzene rings is 1. The van der Waals surface area contributed by atoms with E-state index >= 15 is 0 Å².